The molecule has 0 N–H and O–H groups in total. The van der Waals surface area contributed by atoms with E-state index in [-0.39, 0.29) is 21.1 Å². The maximum Gasteiger partial charge on any atom is 2.00 e. The number of nitrogens with zero attached hydrogens (tertiary/aromatic N) is 4. The third kappa shape index (κ3) is 7.18. The summed E-state index contributed by atoms with van der Waals surface area (Å²) in [6.07, 6.45) is 11.3. The summed E-state index contributed by atoms with van der Waals surface area (Å²) in [6.45, 7) is 18.1. The number of aryl methyl sites for hydroxylation is 2. The zero-order valence-electron chi connectivity index (χ0n) is 32.0. The molecule has 0 saturated heterocycles. The van der Waals surface area contributed by atoms with E-state index in [0.717, 1.165) is 59.3 Å². The molecule has 0 spiro atoms. The van der Waals surface area contributed by atoms with Crippen molar-refractivity contribution in [3.63, 3.8) is 0 Å². The SMILES string of the molecule is CCCCc1ccnc(-n2c3[c-]c(Oc4[c-]c(-n5nc(C)c(C6C(CC)=C[C@H](C)C[C@@H]6CC)c5C)cc(C(C)C)c4)ccc3c3ccccc32)c1.[Pt+2]. The normalized spacial score (nSPS) is 17.5. The van der Waals surface area contributed by atoms with Gasteiger partial charge >= 0.3 is 21.1 Å². The zero-order chi connectivity index (χ0) is 35.8. The molecule has 52 heavy (non-hydrogen) atoms. The van der Waals surface area contributed by atoms with Crippen molar-refractivity contribution in [1.82, 2.24) is 19.3 Å². The van der Waals surface area contributed by atoms with E-state index < -0.39 is 0 Å². The maximum absolute atomic E-state index is 6.68. The van der Waals surface area contributed by atoms with Crippen LogP contribution in [0.15, 0.2) is 78.5 Å². The number of allylic oxidation sites excluding steroid dienone is 2. The summed E-state index contributed by atoms with van der Waals surface area (Å²) in [7, 11) is 0. The van der Waals surface area contributed by atoms with Gasteiger partial charge in [-0.05, 0) is 92.1 Å². The molecule has 6 aromatic rings. The molecule has 272 valence electrons. The molecule has 0 saturated carbocycles. The Hall–Kier alpha value is -3.95. The van der Waals surface area contributed by atoms with Crippen molar-refractivity contribution in [2.75, 3.05) is 0 Å². The van der Waals surface area contributed by atoms with E-state index in [1.807, 2.05) is 12.3 Å². The first-order chi connectivity index (χ1) is 24.7. The Labute approximate surface area is 324 Å². The third-order valence-corrected chi connectivity index (χ3v) is 11.0. The minimum absolute atomic E-state index is 0. The summed E-state index contributed by atoms with van der Waals surface area (Å²) in [6, 6.07) is 28.6. The van der Waals surface area contributed by atoms with E-state index in [1.54, 1.807) is 5.57 Å². The topological polar surface area (TPSA) is 44.9 Å². The van der Waals surface area contributed by atoms with E-state index in [0.29, 0.717) is 35.2 Å². The fraction of sp³-hybridized carbons (Fsp3) is 0.391. The molecule has 0 bridgehead atoms. The molecular formula is C46H52N4OPt. The van der Waals surface area contributed by atoms with Crippen molar-refractivity contribution in [2.45, 2.75) is 106 Å². The summed E-state index contributed by atoms with van der Waals surface area (Å²) in [5.74, 6) is 4.16. The van der Waals surface area contributed by atoms with Crippen LogP contribution in [0, 0.1) is 37.8 Å². The van der Waals surface area contributed by atoms with Crippen LogP contribution >= 0.6 is 0 Å². The molecule has 0 amide bonds. The number of unbranched alkanes of at least 4 members (excludes halogenated alkanes) is 1. The molecule has 0 radical (unpaired) electrons. The Morgan fingerprint density at radius 2 is 1.75 bits per heavy atom. The molecule has 1 unspecified atom stereocenters. The monoisotopic (exact) mass is 871 g/mol. The Bertz CT molecular complexity index is 2220. The van der Waals surface area contributed by atoms with Gasteiger partial charge in [0, 0.05) is 40.4 Å². The van der Waals surface area contributed by atoms with Crippen molar-refractivity contribution >= 4 is 21.8 Å². The molecule has 3 heterocycles. The van der Waals surface area contributed by atoms with Crippen LogP contribution in [0.2, 0.25) is 0 Å². The van der Waals surface area contributed by atoms with Gasteiger partial charge in [-0.1, -0.05) is 89.7 Å². The van der Waals surface area contributed by atoms with Gasteiger partial charge in [0.05, 0.1) is 5.69 Å². The Kier molecular flexibility index (Phi) is 11.6. The van der Waals surface area contributed by atoms with Gasteiger partial charge in [0.2, 0.25) is 0 Å². The molecule has 0 aliphatic heterocycles. The van der Waals surface area contributed by atoms with Crippen LogP contribution in [0.1, 0.15) is 114 Å². The van der Waals surface area contributed by atoms with Crippen molar-refractivity contribution in [3.8, 4) is 23.0 Å². The Morgan fingerprint density at radius 3 is 2.50 bits per heavy atom. The van der Waals surface area contributed by atoms with Crippen molar-refractivity contribution in [1.29, 1.82) is 0 Å². The predicted molar refractivity (Wildman–Crippen MR) is 211 cm³/mol. The number of hydrogen-bond donors (Lipinski definition) is 0. The molecule has 5 nitrogen and oxygen atoms in total. The van der Waals surface area contributed by atoms with Crippen LogP contribution in [0.3, 0.4) is 0 Å². The van der Waals surface area contributed by atoms with Gasteiger partial charge in [-0.15, -0.1) is 41.3 Å². The first-order valence-electron chi connectivity index (χ1n) is 19.1. The number of aromatic nitrogens is 4. The van der Waals surface area contributed by atoms with Gasteiger partial charge in [0.25, 0.3) is 0 Å². The fourth-order valence-corrected chi connectivity index (χ4v) is 8.42. The summed E-state index contributed by atoms with van der Waals surface area (Å²) in [4.78, 5) is 4.84. The number of fused-ring (bicyclic) bond motifs is 3. The first kappa shape index (κ1) is 37.8. The molecule has 6 heteroatoms. The van der Waals surface area contributed by atoms with Gasteiger partial charge in [-0.25, -0.2) is 4.98 Å². The third-order valence-electron chi connectivity index (χ3n) is 11.0. The van der Waals surface area contributed by atoms with Crippen molar-refractivity contribution in [2.24, 2.45) is 11.8 Å². The second-order valence-electron chi connectivity index (χ2n) is 14.9. The molecule has 1 aliphatic carbocycles. The standard InChI is InChI=1S/C46H52N4O.Pt/c1-9-12-15-33-20-21-47-44(24-33)49-42-17-14-13-16-40(42)41-19-18-38(28-43(41)49)51-39-26-36(29(4)5)25-37(27-39)50-32(8)45(31(7)48-50)46-34(10-2)22-30(6)23-35(46)11-3;/h13-14,16-22,24-26,29-30,35,46H,9-12,15,23H2,1-8H3;/q-2;+2/t30-,35-,46?;/m0./s1. The molecule has 3 aromatic carbocycles. The van der Waals surface area contributed by atoms with E-state index in [4.69, 9.17) is 14.8 Å². The summed E-state index contributed by atoms with van der Waals surface area (Å²) in [5, 5.41) is 7.48. The minimum Gasteiger partial charge on any atom is -0.509 e. The van der Waals surface area contributed by atoms with Crippen LogP contribution in [0.4, 0.5) is 0 Å². The van der Waals surface area contributed by atoms with Gasteiger partial charge in [-0.3, -0.25) is 4.68 Å². The maximum atomic E-state index is 6.68. The van der Waals surface area contributed by atoms with Crippen LogP contribution in [0.5, 0.6) is 11.5 Å². The fourth-order valence-electron chi connectivity index (χ4n) is 8.42. The van der Waals surface area contributed by atoms with Crippen molar-refractivity contribution in [3.05, 3.63) is 119 Å². The largest absolute Gasteiger partial charge is 2.00 e. The molecular weight excluding hydrogens is 820 g/mol. The second kappa shape index (κ2) is 16.0. The molecule has 1 aliphatic rings. The van der Waals surface area contributed by atoms with Gasteiger partial charge < -0.3 is 9.30 Å². The van der Waals surface area contributed by atoms with Gasteiger partial charge in [0.1, 0.15) is 5.82 Å². The summed E-state index contributed by atoms with van der Waals surface area (Å²) in [5.41, 5.74) is 10.7. The molecule has 0 fully saturated rings. The molecule has 3 aromatic heterocycles. The predicted octanol–water partition coefficient (Wildman–Crippen LogP) is 12.3. The van der Waals surface area contributed by atoms with Crippen LogP contribution in [-0.2, 0) is 27.5 Å². The second-order valence-corrected chi connectivity index (χ2v) is 14.9. The number of benzene rings is 3. The average molecular weight is 872 g/mol. The minimum atomic E-state index is 0. The smallest absolute Gasteiger partial charge is 0.509 e. The van der Waals surface area contributed by atoms with Crippen LogP contribution < -0.4 is 4.74 Å². The number of para-hydroxylation sites is 1. The summed E-state index contributed by atoms with van der Waals surface area (Å²) < 4.78 is 11.0. The number of rotatable bonds is 11. The first-order valence-corrected chi connectivity index (χ1v) is 19.1. The Morgan fingerprint density at radius 1 is 0.942 bits per heavy atom. The van der Waals surface area contributed by atoms with Crippen LogP contribution in [-0.4, -0.2) is 19.3 Å². The van der Waals surface area contributed by atoms with Crippen molar-refractivity contribution < 1.29 is 25.8 Å². The zero-order valence-corrected chi connectivity index (χ0v) is 34.3. The number of pyridine rings is 1. The van der Waals surface area contributed by atoms with Gasteiger partial charge in [-0.2, -0.15) is 11.2 Å². The average Bonchev–Trinajstić information content (AvgIpc) is 3.62. The molecule has 7 rings (SSSR count). The number of hydrogen-bond acceptors (Lipinski definition) is 3. The van der Waals surface area contributed by atoms with E-state index in [2.05, 4.69) is 137 Å². The quantitative estimate of drug-likeness (QED) is 0.0962. The van der Waals surface area contributed by atoms with Crippen LogP contribution in [0.25, 0.3) is 33.3 Å². The Balaban J connectivity index is 0.00000464. The van der Waals surface area contributed by atoms with E-state index in [1.165, 1.54) is 40.6 Å². The van der Waals surface area contributed by atoms with E-state index >= 15 is 0 Å². The molecule has 3 atom stereocenters. The summed E-state index contributed by atoms with van der Waals surface area (Å²) >= 11 is 0. The van der Waals surface area contributed by atoms with E-state index in [9.17, 15) is 0 Å². The number of ether oxygens (including phenoxy) is 1. The van der Waals surface area contributed by atoms with Gasteiger partial charge in [0.15, 0.2) is 0 Å².